The smallest absolute Gasteiger partial charge is 0.309 e. The van der Waals surface area contributed by atoms with Gasteiger partial charge >= 0.3 is 11.9 Å². The molecule has 18 nitrogen and oxygen atoms in total. The van der Waals surface area contributed by atoms with Gasteiger partial charge in [0.2, 0.25) is 0 Å². The first-order valence-electron chi connectivity index (χ1n) is 23.6. The summed E-state index contributed by atoms with van der Waals surface area (Å²) < 4.78 is 61.6. The maximum atomic E-state index is 13.5. The number of allylic oxidation sites excluding steroid dienone is 2. The summed E-state index contributed by atoms with van der Waals surface area (Å²) in [6.45, 7) is 12.9. The Morgan fingerprint density at radius 3 is 2.35 bits per heavy atom. The fourth-order valence-corrected chi connectivity index (χ4v) is 9.24. The fraction of sp³-hybridized carbons (Fsp3) is 0.851. The maximum Gasteiger partial charge on any atom is 0.309 e. The van der Waals surface area contributed by atoms with Crippen molar-refractivity contribution in [2.45, 2.75) is 217 Å². The summed E-state index contributed by atoms with van der Waals surface area (Å²) in [5.41, 5.74) is 5.18. The van der Waals surface area contributed by atoms with Crippen LogP contribution in [-0.2, 0) is 61.8 Å². The molecule has 0 saturated carbocycles. The number of carbonyl (C=O) groups is 3. The molecule has 374 valence electrons. The number of nitrogens with two attached hydrogens (primary N) is 1. The van der Waals surface area contributed by atoms with Crippen molar-refractivity contribution in [1.29, 1.82) is 0 Å². The van der Waals surface area contributed by atoms with Crippen LogP contribution in [0.5, 0.6) is 0 Å². The number of nitrogens with zero attached hydrogens (tertiary/aromatic N) is 1. The number of rotatable bonds is 16. The zero-order chi connectivity index (χ0) is 48.0. The number of hydrogen-bond donors (Lipinski definition) is 4. The fourth-order valence-electron chi connectivity index (χ4n) is 9.24. The zero-order valence-corrected chi connectivity index (χ0v) is 40.2. The van der Waals surface area contributed by atoms with Crippen LogP contribution in [-0.4, -0.2) is 170 Å². The number of aliphatic hydroxyl groups excluding tert-OH is 2. The molecule has 0 aromatic carbocycles. The van der Waals surface area contributed by atoms with Crippen molar-refractivity contribution in [3.8, 4) is 0 Å². The molecule has 4 heterocycles. The van der Waals surface area contributed by atoms with E-state index in [1.165, 1.54) is 14.0 Å². The quantitative estimate of drug-likeness (QED) is 0.0986. The van der Waals surface area contributed by atoms with Gasteiger partial charge in [0.05, 0.1) is 42.5 Å². The standard InChI is InChI=1S/C47H80N2O16/c1-11-13-23-57-44-45(54)64-38(26-47(44,7)55)63-41-30(6)60-46(40(53)39(41)48)65-42-31(21-22-50)24-27(3)33(62-37-20-19-32(49(8)9)29(5)59-37)18-16-14-15-17-28(4)58-36(52)25-34(43(42)56-10)61-35(51)12-2/h14-16,18,22,27-34,37-46,53-55H,11-13,17,19-21,23-26,48H2,1-10H3/b15-14+,18-16+/t27-,28-,29+,30+,31+,32-,33-,34-,37-,38-,39+,40+,41+,42+,43+,44+,45-,46-,47-/m1/s1. The molecule has 4 aliphatic heterocycles. The molecule has 4 aliphatic rings. The Morgan fingerprint density at radius 1 is 0.985 bits per heavy atom. The lowest BCUT2D eigenvalue weighted by atomic mass is 9.82. The van der Waals surface area contributed by atoms with E-state index in [0.29, 0.717) is 25.9 Å². The average Bonchev–Trinajstić information content (AvgIpc) is 3.23. The van der Waals surface area contributed by atoms with Gasteiger partial charge in [-0.3, -0.25) is 9.59 Å². The Kier molecular flexibility index (Phi) is 22.4. The third-order valence-corrected chi connectivity index (χ3v) is 12.9. The second-order valence-electron chi connectivity index (χ2n) is 18.6. The number of unbranched alkanes of at least 4 members (excludes halogenated alkanes) is 1. The van der Waals surface area contributed by atoms with Gasteiger partial charge in [-0.05, 0) is 79.3 Å². The monoisotopic (exact) mass is 929 g/mol. The molecule has 0 aromatic heterocycles. The molecule has 3 fully saturated rings. The Labute approximate surface area is 385 Å². The highest BCUT2D eigenvalue weighted by Gasteiger charge is 2.52. The highest BCUT2D eigenvalue weighted by molar-refractivity contribution is 5.72. The van der Waals surface area contributed by atoms with Gasteiger partial charge in [0.25, 0.3) is 0 Å². The average molecular weight is 929 g/mol. The first-order chi connectivity index (χ1) is 30.8. The van der Waals surface area contributed by atoms with Crippen LogP contribution < -0.4 is 5.73 Å². The number of aliphatic hydroxyl groups is 3. The minimum absolute atomic E-state index is 0.00604. The SMILES string of the molecule is CCCCO[C@H]1[C@H](O)O[C@@H](O[C@@H]2[C@@H](N)[C@H](O)[C@@H](O[C@H]3[C@@H](CC=O)C[C@@H](C)[C@H](O[C@@H]4CC[C@@H](N(C)C)[C@H](C)O4)/C=C/C=C/C[C@@H](C)OC(=O)C[C@@H](OC(=O)CC)[C@@H]3OC)O[C@H]2C)C[C@@]1(C)O. The second kappa shape index (κ2) is 26.4. The summed E-state index contributed by atoms with van der Waals surface area (Å²) in [4.78, 5) is 41.3. The minimum Gasteiger partial charge on any atom is -0.462 e. The lowest BCUT2D eigenvalue weighted by molar-refractivity contribution is -0.362. The van der Waals surface area contributed by atoms with Gasteiger partial charge in [-0.15, -0.1) is 0 Å². The van der Waals surface area contributed by atoms with Crippen LogP contribution in [0.3, 0.4) is 0 Å². The topological polar surface area (TPSA) is 233 Å². The first kappa shape index (κ1) is 55.2. The molecule has 0 unspecified atom stereocenters. The van der Waals surface area contributed by atoms with Crippen LogP contribution in [0.1, 0.15) is 113 Å². The van der Waals surface area contributed by atoms with E-state index in [2.05, 4.69) is 4.90 Å². The Bertz CT molecular complexity index is 1520. The van der Waals surface area contributed by atoms with Crippen LogP contribution in [0.15, 0.2) is 24.3 Å². The van der Waals surface area contributed by atoms with Crippen molar-refractivity contribution < 1.29 is 77.1 Å². The van der Waals surface area contributed by atoms with Gasteiger partial charge in [-0.2, -0.15) is 0 Å². The largest absolute Gasteiger partial charge is 0.462 e. The van der Waals surface area contributed by atoms with Crippen LogP contribution in [0.25, 0.3) is 0 Å². The van der Waals surface area contributed by atoms with E-state index in [1.807, 2.05) is 59.2 Å². The van der Waals surface area contributed by atoms with E-state index in [0.717, 1.165) is 25.5 Å². The zero-order valence-electron chi connectivity index (χ0n) is 40.2. The number of esters is 2. The lowest BCUT2D eigenvalue weighted by Crippen LogP contribution is -2.65. The van der Waals surface area contributed by atoms with E-state index >= 15 is 0 Å². The van der Waals surface area contributed by atoms with Crippen molar-refractivity contribution in [3.05, 3.63) is 24.3 Å². The second-order valence-corrected chi connectivity index (χ2v) is 18.6. The van der Waals surface area contributed by atoms with Gasteiger partial charge < -0.3 is 78.1 Å². The number of hydrogen-bond acceptors (Lipinski definition) is 18. The predicted octanol–water partition coefficient (Wildman–Crippen LogP) is 3.44. The van der Waals surface area contributed by atoms with Crippen molar-refractivity contribution in [2.75, 3.05) is 27.8 Å². The summed E-state index contributed by atoms with van der Waals surface area (Å²) in [5.74, 6) is -2.22. The molecule has 19 atom stereocenters. The van der Waals surface area contributed by atoms with E-state index in [-0.39, 0.29) is 37.3 Å². The predicted molar refractivity (Wildman–Crippen MR) is 237 cm³/mol. The van der Waals surface area contributed by atoms with Crippen LogP contribution in [0, 0.1) is 11.8 Å². The molecule has 3 saturated heterocycles. The van der Waals surface area contributed by atoms with Crippen LogP contribution in [0.2, 0.25) is 0 Å². The minimum atomic E-state index is -1.55. The van der Waals surface area contributed by atoms with E-state index in [1.54, 1.807) is 20.8 Å². The number of carbonyl (C=O) groups excluding carboxylic acids is 3. The molecule has 65 heavy (non-hydrogen) atoms. The molecule has 18 heteroatoms. The normalized spacial score (nSPS) is 42.5. The Hall–Kier alpha value is -2.43. The summed E-state index contributed by atoms with van der Waals surface area (Å²) in [7, 11) is 5.44. The lowest BCUT2D eigenvalue weighted by Gasteiger charge is -2.48. The highest BCUT2D eigenvalue weighted by Crippen LogP contribution is 2.37. The highest BCUT2D eigenvalue weighted by atomic mass is 16.8. The number of ether oxygens (including phenoxy) is 10. The van der Waals surface area contributed by atoms with Crippen LogP contribution in [0.4, 0.5) is 0 Å². The summed E-state index contributed by atoms with van der Waals surface area (Å²) in [5, 5.41) is 34.0. The van der Waals surface area contributed by atoms with E-state index < -0.39 is 116 Å². The van der Waals surface area contributed by atoms with E-state index in [4.69, 9.17) is 53.1 Å². The van der Waals surface area contributed by atoms with Gasteiger partial charge in [0.1, 0.15) is 42.9 Å². The van der Waals surface area contributed by atoms with Crippen molar-refractivity contribution in [1.82, 2.24) is 4.90 Å². The molecule has 0 amide bonds. The van der Waals surface area contributed by atoms with Gasteiger partial charge in [-0.1, -0.05) is 51.5 Å². The van der Waals surface area contributed by atoms with Crippen molar-refractivity contribution in [3.63, 3.8) is 0 Å². The maximum absolute atomic E-state index is 13.5. The molecular weight excluding hydrogens is 849 g/mol. The number of cyclic esters (lactones) is 1. The van der Waals surface area contributed by atoms with Crippen molar-refractivity contribution >= 4 is 18.2 Å². The van der Waals surface area contributed by atoms with Crippen molar-refractivity contribution in [2.24, 2.45) is 17.6 Å². The van der Waals surface area contributed by atoms with Gasteiger partial charge in [0.15, 0.2) is 25.2 Å². The summed E-state index contributed by atoms with van der Waals surface area (Å²) in [6.07, 6.45) is -2.11. The van der Waals surface area contributed by atoms with Gasteiger partial charge in [-0.25, -0.2) is 0 Å². The summed E-state index contributed by atoms with van der Waals surface area (Å²) >= 11 is 0. The third-order valence-electron chi connectivity index (χ3n) is 12.9. The molecule has 0 bridgehead atoms. The van der Waals surface area contributed by atoms with E-state index in [9.17, 15) is 29.7 Å². The molecule has 4 rings (SSSR count). The number of likely N-dealkylation sites (N-methyl/N-ethyl adjacent to an activating group) is 1. The Morgan fingerprint density at radius 2 is 1.72 bits per heavy atom. The molecule has 0 radical (unpaired) electrons. The third kappa shape index (κ3) is 15.8. The molecule has 0 aliphatic carbocycles. The Balaban J connectivity index is 1.67. The van der Waals surface area contributed by atoms with Crippen LogP contribution >= 0.6 is 0 Å². The molecule has 0 spiro atoms. The summed E-state index contributed by atoms with van der Waals surface area (Å²) in [6, 6.07) is -0.924. The number of aldehydes is 1. The van der Waals surface area contributed by atoms with Gasteiger partial charge in [0, 0.05) is 45.4 Å². The molecule has 0 aromatic rings. The molecular formula is C47H80N2O16. The first-order valence-corrected chi connectivity index (χ1v) is 23.6. The number of methoxy groups -OCH3 is 1. The molecule has 5 N–H and O–H groups in total.